The first-order chi connectivity index (χ1) is 31.1. The molecule has 1 N–H and O–H groups in total. The third-order valence-corrected chi connectivity index (χ3v) is 16.3. The minimum absolute atomic E-state index is 0.0639. The summed E-state index contributed by atoms with van der Waals surface area (Å²) in [5, 5.41) is 11.8. The first kappa shape index (κ1) is 36.9. The van der Waals surface area contributed by atoms with E-state index in [4.69, 9.17) is 4.42 Å². The third kappa shape index (κ3) is 4.99. The average molecular weight is 842 g/mol. The monoisotopic (exact) mass is 841 g/mol. The second-order valence-corrected chi connectivity index (χ2v) is 21.3. The van der Waals surface area contributed by atoms with Crippen molar-refractivity contribution in [3.05, 3.63) is 161 Å². The molecule has 5 heteroatoms. The van der Waals surface area contributed by atoms with E-state index in [-0.39, 0.29) is 10.8 Å². The molecule has 3 nitrogen and oxygen atoms in total. The van der Waals surface area contributed by atoms with E-state index in [1.165, 1.54) is 122 Å². The zero-order valence-electron chi connectivity index (χ0n) is 36.9. The van der Waals surface area contributed by atoms with E-state index >= 15 is 0 Å². The smallest absolute Gasteiger partial charge is 0.197 e. The number of rotatable bonds is 3. The summed E-state index contributed by atoms with van der Waals surface area (Å²) in [4.78, 5) is 0. The summed E-state index contributed by atoms with van der Waals surface area (Å²) in [6.45, 7) is 11.7. The largest absolute Gasteiger partial charge is 0.456 e. The highest BCUT2D eigenvalue weighted by molar-refractivity contribution is 7.27. The molecule has 64 heavy (non-hydrogen) atoms. The van der Waals surface area contributed by atoms with Crippen LogP contribution in [0.2, 0.25) is 0 Å². The number of fused-ring (bicyclic) bond motifs is 16. The second-order valence-electron chi connectivity index (χ2n) is 20.2. The van der Waals surface area contributed by atoms with Crippen molar-refractivity contribution in [2.45, 2.75) is 71.1 Å². The Morgan fingerprint density at radius 1 is 0.656 bits per heavy atom. The van der Waals surface area contributed by atoms with Gasteiger partial charge in [0, 0.05) is 75.8 Å². The van der Waals surface area contributed by atoms with Crippen LogP contribution in [0.25, 0.3) is 91.9 Å². The summed E-state index contributed by atoms with van der Waals surface area (Å²) in [5.74, 6) is 0. The van der Waals surface area contributed by atoms with Gasteiger partial charge in [-0.3, -0.25) is 0 Å². The van der Waals surface area contributed by atoms with Crippen LogP contribution in [0.4, 0.5) is 11.4 Å². The number of para-hydroxylation sites is 1. The van der Waals surface area contributed by atoms with E-state index in [1.54, 1.807) is 0 Å². The summed E-state index contributed by atoms with van der Waals surface area (Å²) < 4.78 is 11.9. The second kappa shape index (κ2) is 12.8. The molecule has 3 aromatic heterocycles. The van der Waals surface area contributed by atoms with Gasteiger partial charge in [0.15, 0.2) is 7.28 Å². The minimum atomic E-state index is -0.178. The van der Waals surface area contributed by atoms with Crippen molar-refractivity contribution in [2.24, 2.45) is 0 Å². The van der Waals surface area contributed by atoms with Gasteiger partial charge in [0.05, 0.1) is 11.0 Å². The Labute approximate surface area is 377 Å². The molecule has 307 valence electrons. The normalized spacial score (nSPS) is 15.0. The van der Waals surface area contributed by atoms with Crippen molar-refractivity contribution in [2.75, 3.05) is 5.32 Å². The Kier molecular flexibility index (Phi) is 7.37. The van der Waals surface area contributed by atoms with Gasteiger partial charge in [-0.2, -0.15) is 0 Å². The van der Waals surface area contributed by atoms with E-state index in [0.29, 0.717) is 0 Å². The molecular formula is C59H46BN2OS. The lowest BCUT2D eigenvalue weighted by Gasteiger charge is -2.27. The van der Waals surface area contributed by atoms with Crippen molar-refractivity contribution < 1.29 is 4.42 Å². The van der Waals surface area contributed by atoms with Crippen molar-refractivity contribution in [1.82, 2.24) is 4.57 Å². The molecule has 1 aliphatic heterocycles. The van der Waals surface area contributed by atoms with Gasteiger partial charge in [0.25, 0.3) is 0 Å². The molecule has 0 amide bonds. The lowest BCUT2D eigenvalue weighted by Crippen LogP contribution is -2.37. The van der Waals surface area contributed by atoms with E-state index in [2.05, 4.69) is 185 Å². The number of nitrogens with zero attached hydrogens (tertiary/aromatic N) is 1. The van der Waals surface area contributed by atoms with Crippen molar-refractivity contribution in [3.8, 4) is 27.9 Å². The molecule has 0 unspecified atom stereocenters. The number of hydrogen-bond acceptors (Lipinski definition) is 3. The summed E-state index contributed by atoms with van der Waals surface area (Å²) in [6.07, 6.45) is 4.76. The Morgan fingerprint density at radius 3 is 2.23 bits per heavy atom. The average Bonchev–Trinajstić information content (AvgIpc) is 4.02. The van der Waals surface area contributed by atoms with Gasteiger partial charge in [-0.15, -0.1) is 11.3 Å². The number of benzene rings is 8. The molecule has 0 fully saturated rings. The number of furan rings is 1. The Hall–Kier alpha value is -6.56. The van der Waals surface area contributed by atoms with Crippen molar-refractivity contribution in [3.63, 3.8) is 0 Å². The third-order valence-electron chi connectivity index (χ3n) is 15.1. The van der Waals surface area contributed by atoms with Gasteiger partial charge in [-0.25, -0.2) is 0 Å². The van der Waals surface area contributed by atoms with Crippen LogP contribution in [0.3, 0.4) is 0 Å². The van der Waals surface area contributed by atoms with E-state index < -0.39 is 0 Å². The molecule has 0 saturated heterocycles. The van der Waals surface area contributed by atoms with Gasteiger partial charge in [-0.05, 0) is 130 Å². The van der Waals surface area contributed by atoms with Crippen LogP contribution < -0.4 is 16.2 Å². The molecule has 8 aromatic carbocycles. The van der Waals surface area contributed by atoms with Crippen LogP contribution in [0.5, 0.6) is 0 Å². The molecule has 14 rings (SSSR count). The fraction of sp³-hybridized carbons (Fsp3) is 0.186. The first-order valence-corrected chi connectivity index (χ1v) is 23.9. The molecule has 0 atom stereocenters. The maximum atomic E-state index is 6.64. The SMILES string of the molecule is CC(C)(C)c1ccc(Nc2cc3c(cc2-c2c4c5c(c6cc7c(cc6n5-c5cc6oc8ccccc8c6cc5[B]4)CCCC7)c4sc5ccccc5c24)C(C)(C)c2ccccc2-3)cc1. The van der Waals surface area contributed by atoms with E-state index in [9.17, 15) is 0 Å². The molecule has 0 bridgehead atoms. The minimum Gasteiger partial charge on any atom is -0.456 e. The molecular weight excluding hydrogens is 796 g/mol. The maximum absolute atomic E-state index is 6.64. The number of hydrogen-bond donors (Lipinski definition) is 1. The van der Waals surface area contributed by atoms with E-state index in [0.717, 1.165) is 46.2 Å². The zero-order chi connectivity index (χ0) is 42.8. The highest BCUT2D eigenvalue weighted by atomic mass is 32.1. The van der Waals surface area contributed by atoms with Crippen LogP contribution >= 0.6 is 11.3 Å². The fourth-order valence-corrected chi connectivity index (χ4v) is 13.2. The van der Waals surface area contributed by atoms with Crippen molar-refractivity contribution in [1.29, 1.82) is 0 Å². The van der Waals surface area contributed by atoms with Crippen molar-refractivity contribution >= 4 is 105 Å². The first-order valence-electron chi connectivity index (χ1n) is 23.0. The lowest BCUT2D eigenvalue weighted by atomic mass is 9.58. The quantitative estimate of drug-likeness (QED) is 0.180. The van der Waals surface area contributed by atoms with Gasteiger partial charge >= 0.3 is 0 Å². The predicted octanol–water partition coefficient (Wildman–Crippen LogP) is 14.9. The van der Waals surface area contributed by atoms with Crippen LogP contribution in [-0.2, 0) is 23.7 Å². The Bertz CT molecular complexity index is 3850. The Balaban J connectivity index is 1.15. The topological polar surface area (TPSA) is 30.1 Å². The molecule has 11 aromatic rings. The fourth-order valence-electron chi connectivity index (χ4n) is 11.9. The lowest BCUT2D eigenvalue weighted by molar-refractivity contribution is 0.590. The number of aryl methyl sites for hydroxylation is 2. The standard InChI is InChI=1S/C59H46BN2OS/c1-58(2,3)34-22-24-35(25-23-34)61-46-30-39-36-16-8-11-19-43(36)59(4,5)44(39)28-41(46)52-53-38-18-10-13-21-51(38)64-57(53)54-42-26-32-14-6-7-15-33(32)27-47(42)62-48-31-50-40(29-45(48)60-55(52)56(54)62)37-17-9-12-20-49(37)63-50/h8-13,16-31,61H,6-7,14-15H2,1-5H3. The number of thiophene rings is 1. The summed E-state index contributed by atoms with van der Waals surface area (Å²) >= 11 is 1.96. The Morgan fingerprint density at radius 2 is 1.41 bits per heavy atom. The van der Waals surface area contributed by atoms with E-state index in [1.807, 2.05) is 11.3 Å². The summed E-state index contributed by atoms with van der Waals surface area (Å²) in [7, 11) is 2.52. The van der Waals surface area contributed by atoms with Crippen LogP contribution in [-0.4, -0.2) is 11.8 Å². The highest BCUT2D eigenvalue weighted by Crippen LogP contribution is 2.54. The molecule has 0 saturated carbocycles. The van der Waals surface area contributed by atoms with Gasteiger partial charge < -0.3 is 14.3 Å². The maximum Gasteiger partial charge on any atom is 0.197 e. The van der Waals surface area contributed by atoms with Crippen LogP contribution in [0.1, 0.15) is 75.3 Å². The molecule has 4 heterocycles. The van der Waals surface area contributed by atoms with Crippen LogP contribution in [0.15, 0.2) is 138 Å². The number of nitrogens with one attached hydrogen (secondary N) is 1. The van der Waals surface area contributed by atoms with Crippen LogP contribution in [0, 0.1) is 0 Å². The predicted molar refractivity (Wildman–Crippen MR) is 274 cm³/mol. The zero-order valence-corrected chi connectivity index (χ0v) is 37.7. The van der Waals surface area contributed by atoms with Gasteiger partial charge in [0.1, 0.15) is 11.2 Å². The highest BCUT2D eigenvalue weighted by Gasteiger charge is 2.38. The molecule has 1 radical (unpaired) electrons. The summed E-state index contributed by atoms with van der Waals surface area (Å²) in [6, 6.07) is 50.6. The molecule has 0 spiro atoms. The molecule has 2 aliphatic carbocycles. The van der Waals surface area contributed by atoms with Gasteiger partial charge in [0.2, 0.25) is 0 Å². The van der Waals surface area contributed by atoms with Gasteiger partial charge in [-0.1, -0.05) is 119 Å². The number of aromatic nitrogens is 1. The number of anilines is 2. The summed E-state index contributed by atoms with van der Waals surface area (Å²) in [5.41, 5.74) is 22.4. The molecule has 3 aliphatic rings.